The van der Waals surface area contributed by atoms with Crippen LogP contribution in [-0.2, 0) is 0 Å². The van der Waals surface area contributed by atoms with Crippen LogP contribution in [0.5, 0.6) is 0 Å². The number of nitrogens with one attached hydrogen (secondary N) is 1. The minimum atomic E-state index is -1.08. The topological polar surface area (TPSA) is 124 Å². The number of carboxylic acid groups (broad SMARTS) is 1. The number of rotatable bonds is 3. The van der Waals surface area contributed by atoms with Crippen LogP contribution in [0.2, 0.25) is 0 Å². The number of H-pyrrole nitrogens is 1. The van der Waals surface area contributed by atoms with Crippen molar-refractivity contribution in [3.8, 4) is 0 Å². The monoisotopic (exact) mass is 535 g/mol. The lowest BCUT2D eigenvalue weighted by Gasteiger charge is -2.42. The number of amides is 1. The fraction of sp³-hybridized carbons (Fsp3) is 0.357. The minimum Gasteiger partial charge on any atom is -0.465 e. The summed E-state index contributed by atoms with van der Waals surface area (Å²) in [5, 5.41) is 21.5. The number of benzene rings is 1. The zero-order chi connectivity index (χ0) is 27.3. The number of piperidine rings is 1. The number of imidazole rings is 1. The molecule has 4 heterocycles. The Morgan fingerprint density at radius 1 is 1.00 bits per heavy atom. The number of aromatic nitrogens is 4. The van der Waals surface area contributed by atoms with Gasteiger partial charge in [0.15, 0.2) is 5.65 Å². The number of halogens is 2. The summed E-state index contributed by atoms with van der Waals surface area (Å²) in [4.78, 5) is 38.3. The highest BCUT2D eigenvalue weighted by molar-refractivity contribution is 5.70. The summed E-state index contributed by atoms with van der Waals surface area (Å²) in [6, 6.07) is 9.39. The van der Waals surface area contributed by atoms with E-state index in [2.05, 4.69) is 15.0 Å². The highest BCUT2D eigenvalue weighted by Crippen LogP contribution is 2.47. The molecule has 0 bridgehead atoms. The molecule has 4 aromatic rings. The van der Waals surface area contributed by atoms with E-state index in [0.717, 1.165) is 6.07 Å². The molecule has 1 fully saturated rings. The van der Waals surface area contributed by atoms with Gasteiger partial charge in [-0.3, -0.25) is 14.5 Å². The van der Waals surface area contributed by atoms with Gasteiger partial charge in [-0.15, -0.1) is 0 Å². The number of aliphatic hydroxyl groups excluding tert-OH is 1. The third-order valence-corrected chi connectivity index (χ3v) is 8.21. The van der Waals surface area contributed by atoms with Gasteiger partial charge in [-0.2, -0.15) is 0 Å². The normalized spacial score (nSPS) is 25.3. The van der Waals surface area contributed by atoms with Crippen LogP contribution in [0.1, 0.15) is 66.5 Å². The number of pyridine rings is 2. The number of hydrogen-bond donors (Lipinski definition) is 3. The number of fused-ring (bicyclic) bond motifs is 2. The third-order valence-electron chi connectivity index (χ3n) is 8.21. The molecule has 2 aliphatic rings. The fourth-order valence-corrected chi connectivity index (χ4v) is 6.53. The number of aromatic amines is 1. The molecule has 0 radical (unpaired) electrons. The third kappa shape index (κ3) is 4.46. The molecule has 1 aromatic carbocycles. The maximum Gasteiger partial charge on any atom is 0.407 e. The molecule has 9 nitrogen and oxygen atoms in total. The van der Waals surface area contributed by atoms with E-state index in [-0.39, 0.29) is 18.3 Å². The molecule has 11 heteroatoms. The number of aliphatic hydroxyl groups is 1. The van der Waals surface area contributed by atoms with Crippen molar-refractivity contribution < 1.29 is 23.8 Å². The highest BCUT2D eigenvalue weighted by atomic mass is 19.1. The predicted octanol–water partition coefficient (Wildman–Crippen LogP) is 4.48. The lowest BCUT2D eigenvalue weighted by Crippen LogP contribution is -2.49. The van der Waals surface area contributed by atoms with Gasteiger partial charge in [0, 0.05) is 54.5 Å². The number of likely N-dealkylation sites (tertiary alicyclic amines) is 1. The Balaban J connectivity index is 1.40. The minimum absolute atomic E-state index is 0.212. The SMILES string of the molecule is O=C(O)N1CCC(n2c(=O)[nH]c3ncccc32)CC1[C@H]1CC[C@@H](c2cc(F)cc(F)c2)[C@H](O)c2cccnc21. The van der Waals surface area contributed by atoms with Gasteiger partial charge in [-0.1, -0.05) is 6.07 Å². The maximum atomic E-state index is 14.1. The molecule has 39 heavy (non-hydrogen) atoms. The van der Waals surface area contributed by atoms with Crippen LogP contribution in [-0.4, -0.2) is 53.3 Å². The second kappa shape index (κ2) is 9.88. The smallest absolute Gasteiger partial charge is 0.407 e. The predicted molar refractivity (Wildman–Crippen MR) is 137 cm³/mol. The maximum absolute atomic E-state index is 14.1. The quantitative estimate of drug-likeness (QED) is 0.333. The summed E-state index contributed by atoms with van der Waals surface area (Å²) in [7, 11) is 0. The Bertz CT molecular complexity index is 1580. The van der Waals surface area contributed by atoms with Crippen LogP contribution >= 0.6 is 0 Å². The first-order chi connectivity index (χ1) is 18.8. The summed E-state index contributed by atoms with van der Waals surface area (Å²) < 4.78 is 29.8. The van der Waals surface area contributed by atoms with E-state index in [4.69, 9.17) is 0 Å². The first-order valence-electron chi connectivity index (χ1n) is 13.0. The lowest BCUT2D eigenvalue weighted by molar-refractivity contribution is 0.0777. The molecule has 1 aliphatic carbocycles. The van der Waals surface area contributed by atoms with Gasteiger partial charge in [0.25, 0.3) is 0 Å². The van der Waals surface area contributed by atoms with Crippen LogP contribution in [0, 0.1) is 11.6 Å². The van der Waals surface area contributed by atoms with Gasteiger partial charge in [-0.05, 0) is 61.6 Å². The second-order valence-electron chi connectivity index (χ2n) is 10.3. The average molecular weight is 536 g/mol. The first kappa shape index (κ1) is 25.2. The molecule has 0 saturated carbocycles. The second-order valence-corrected chi connectivity index (χ2v) is 10.3. The largest absolute Gasteiger partial charge is 0.465 e. The molecular formula is C28H27F2N5O4. The number of carbonyl (C=O) groups is 1. The zero-order valence-corrected chi connectivity index (χ0v) is 20.9. The Kier molecular flexibility index (Phi) is 6.38. The van der Waals surface area contributed by atoms with Crippen LogP contribution in [0.3, 0.4) is 0 Å². The van der Waals surface area contributed by atoms with Gasteiger partial charge < -0.3 is 15.1 Å². The Hall–Kier alpha value is -4.12. The van der Waals surface area contributed by atoms with Gasteiger partial charge in [0.1, 0.15) is 11.6 Å². The Labute approximate surface area is 221 Å². The van der Waals surface area contributed by atoms with E-state index in [0.29, 0.717) is 53.7 Å². The van der Waals surface area contributed by atoms with Gasteiger partial charge in [0.05, 0.1) is 17.3 Å². The van der Waals surface area contributed by atoms with Gasteiger partial charge in [-0.25, -0.2) is 23.4 Å². The molecule has 2 unspecified atom stereocenters. The van der Waals surface area contributed by atoms with Crippen molar-refractivity contribution in [2.24, 2.45) is 0 Å². The van der Waals surface area contributed by atoms with Crippen LogP contribution < -0.4 is 5.69 Å². The van der Waals surface area contributed by atoms with Crippen molar-refractivity contribution in [1.82, 2.24) is 24.4 Å². The lowest BCUT2D eigenvalue weighted by atomic mass is 9.82. The Morgan fingerprint density at radius 3 is 2.49 bits per heavy atom. The van der Waals surface area contributed by atoms with Crippen LogP contribution in [0.25, 0.3) is 11.2 Å². The standard InChI is InChI=1S/C28H27F2N5O4/c29-16-11-15(12-17(30)13-16)19-5-6-20(24-21(25(19)36)3-1-8-31-24)23-14-18(7-10-34(23)28(38)39)35-22-4-2-9-32-26(22)33-27(35)37/h1-4,8-9,11-13,18-20,23,25,36H,5-7,10,14H2,(H,38,39)(H,32,33,37)/t18?,19-,20+,23?,25-/m0/s1. The molecule has 3 aromatic heterocycles. The summed E-state index contributed by atoms with van der Waals surface area (Å²) in [6.07, 6.45) is 2.62. The first-order valence-corrected chi connectivity index (χ1v) is 13.0. The van der Waals surface area contributed by atoms with Crippen molar-refractivity contribution in [2.45, 2.75) is 55.7 Å². The van der Waals surface area contributed by atoms with Gasteiger partial charge in [0.2, 0.25) is 0 Å². The summed E-state index contributed by atoms with van der Waals surface area (Å²) in [5.74, 6) is -2.47. The van der Waals surface area contributed by atoms with E-state index in [1.54, 1.807) is 41.2 Å². The van der Waals surface area contributed by atoms with Crippen molar-refractivity contribution in [3.63, 3.8) is 0 Å². The van der Waals surface area contributed by atoms with E-state index >= 15 is 0 Å². The Morgan fingerprint density at radius 2 is 1.72 bits per heavy atom. The van der Waals surface area contributed by atoms with Crippen LogP contribution in [0.15, 0.2) is 59.7 Å². The van der Waals surface area contributed by atoms with Crippen molar-refractivity contribution in [2.75, 3.05) is 6.54 Å². The summed E-state index contributed by atoms with van der Waals surface area (Å²) in [6.45, 7) is 0.212. The fourth-order valence-electron chi connectivity index (χ4n) is 6.53. The molecular weight excluding hydrogens is 508 g/mol. The van der Waals surface area contributed by atoms with E-state index in [1.165, 1.54) is 17.0 Å². The molecule has 6 rings (SSSR count). The molecule has 1 saturated heterocycles. The number of hydrogen-bond acceptors (Lipinski definition) is 5. The molecule has 1 amide bonds. The van der Waals surface area contributed by atoms with Gasteiger partial charge >= 0.3 is 11.8 Å². The summed E-state index contributed by atoms with van der Waals surface area (Å²) in [5.41, 5.74) is 2.22. The van der Waals surface area contributed by atoms with E-state index in [1.807, 2.05) is 0 Å². The molecule has 5 atom stereocenters. The van der Waals surface area contributed by atoms with Crippen molar-refractivity contribution >= 4 is 17.3 Å². The van der Waals surface area contributed by atoms with Crippen LogP contribution in [0.4, 0.5) is 13.6 Å². The molecule has 202 valence electrons. The molecule has 0 spiro atoms. The molecule has 1 aliphatic heterocycles. The zero-order valence-electron chi connectivity index (χ0n) is 20.9. The number of nitrogens with zero attached hydrogens (tertiary/aromatic N) is 4. The van der Waals surface area contributed by atoms with Crippen molar-refractivity contribution in [3.05, 3.63) is 93.8 Å². The molecule has 3 N–H and O–H groups in total. The summed E-state index contributed by atoms with van der Waals surface area (Å²) >= 11 is 0. The van der Waals surface area contributed by atoms with Crippen molar-refractivity contribution in [1.29, 1.82) is 0 Å². The van der Waals surface area contributed by atoms with E-state index in [9.17, 15) is 28.6 Å². The van der Waals surface area contributed by atoms with E-state index < -0.39 is 41.7 Å². The average Bonchev–Trinajstić information content (AvgIpc) is 3.17. The highest BCUT2D eigenvalue weighted by Gasteiger charge is 2.43.